The van der Waals surface area contributed by atoms with Gasteiger partial charge in [-0.05, 0) is 37.1 Å². The summed E-state index contributed by atoms with van der Waals surface area (Å²) in [5.41, 5.74) is 2.05. The Labute approximate surface area is 124 Å². The summed E-state index contributed by atoms with van der Waals surface area (Å²) in [5, 5.41) is 3.73. The van der Waals surface area contributed by atoms with E-state index in [-0.39, 0.29) is 0 Å². The summed E-state index contributed by atoms with van der Waals surface area (Å²) < 4.78 is 5.20. The maximum Gasteiger partial charge on any atom is 0.135 e. The van der Waals surface area contributed by atoms with Gasteiger partial charge in [0.05, 0.1) is 7.11 Å². The lowest BCUT2D eigenvalue weighted by Crippen LogP contribution is -2.01. The molecule has 0 aliphatic carbocycles. The molecule has 106 valence electrons. The second-order valence-corrected chi connectivity index (χ2v) is 4.94. The molecule has 4 nitrogen and oxygen atoms in total. The minimum atomic E-state index is 0.456. The van der Waals surface area contributed by atoms with Gasteiger partial charge < -0.3 is 10.1 Å². The number of benzene rings is 1. The summed E-state index contributed by atoms with van der Waals surface area (Å²) in [7, 11) is 1.66. The summed E-state index contributed by atoms with van der Waals surface area (Å²) in [6.07, 6.45) is 1.80. The highest BCUT2D eigenvalue weighted by atomic mass is 35.5. The molecular weight excluding hydrogens is 274 g/mol. The third-order valence-electron chi connectivity index (χ3n) is 2.91. The third-order valence-corrected chi connectivity index (χ3v) is 3.10. The molecule has 2 aromatic rings. The van der Waals surface area contributed by atoms with Crippen LogP contribution >= 0.6 is 11.6 Å². The Morgan fingerprint density at radius 3 is 2.70 bits per heavy atom. The van der Waals surface area contributed by atoms with E-state index in [0.29, 0.717) is 11.0 Å². The van der Waals surface area contributed by atoms with Crippen LogP contribution in [-0.2, 0) is 6.42 Å². The molecule has 0 bridgehead atoms. The fourth-order valence-electron chi connectivity index (χ4n) is 1.91. The zero-order valence-corrected chi connectivity index (χ0v) is 12.7. The van der Waals surface area contributed by atoms with Crippen molar-refractivity contribution in [2.24, 2.45) is 0 Å². The number of aromatic nitrogens is 2. The molecule has 0 saturated carbocycles. The van der Waals surface area contributed by atoms with Crippen LogP contribution in [0.2, 0.25) is 5.15 Å². The fraction of sp³-hybridized carbons (Fsp3) is 0.333. The van der Waals surface area contributed by atoms with Crippen LogP contribution in [0.5, 0.6) is 5.75 Å². The number of hydrogen-bond acceptors (Lipinski definition) is 4. The van der Waals surface area contributed by atoms with Crippen LogP contribution in [0.4, 0.5) is 11.5 Å². The standard InChI is InChI=1S/C15H18ClN3O/c1-4-5-14-18-13(16)9-15(19-14)17-12-7-6-11(20-3)8-10(12)2/h6-9H,4-5H2,1-3H3,(H,17,18,19). The van der Waals surface area contributed by atoms with E-state index in [4.69, 9.17) is 16.3 Å². The van der Waals surface area contributed by atoms with Crippen LogP contribution in [0, 0.1) is 6.92 Å². The Balaban J connectivity index is 2.25. The van der Waals surface area contributed by atoms with Gasteiger partial charge in [-0.25, -0.2) is 9.97 Å². The number of nitrogens with one attached hydrogen (secondary N) is 1. The van der Waals surface area contributed by atoms with Crippen LogP contribution in [-0.4, -0.2) is 17.1 Å². The van der Waals surface area contributed by atoms with Crippen LogP contribution in [0.15, 0.2) is 24.3 Å². The van der Waals surface area contributed by atoms with Crippen molar-refractivity contribution in [2.75, 3.05) is 12.4 Å². The highest BCUT2D eigenvalue weighted by molar-refractivity contribution is 6.29. The minimum absolute atomic E-state index is 0.456. The monoisotopic (exact) mass is 291 g/mol. The fourth-order valence-corrected chi connectivity index (χ4v) is 2.11. The Hall–Kier alpha value is -1.81. The molecule has 5 heteroatoms. The molecule has 0 aliphatic rings. The molecule has 0 atom stereocenters. The summed E-state index contributed by atoms with van der Waals surface area (Å²) in [6, 6.07) is 7.57. The van der Waals surface area contributed by atoms with Gasteiger partial charge in [0.2, 0.25) is 0 Å². The van der Waals surface area contributed by atoms with E-state index in [1.807, 2.05) is 25.1 Å². The van der Waals surface area contributed by atoms with Gasteiger partial charge in [0.25, 0.3) is 0 Å². The molecule has 1 aromatic carbocycles. The van der Waals surface area contributed by atoms with Gasteiger partial charge in [-0.15, -0.1) is 0 Å². The molecule has 1 heterocycles. The van der Waals surface area contributed by atoms with Crippen LogP contribution in [0.25, 0.3) is 0 Å². The van der Waals surface area contributed by atoms with Gasteiger partial charge >= 0.3 is 0 Å². The quantitative estimate of drug-likeness (QED) is 0.841. The Bertz CT molecular complexity index is 602. The maximum absolute atomic E-state index is 6.03. The van der Waals surface area contributed by atoms with Crippen molar-refractivity contribution in [3.8, 4) is 5.75 Å². The Kier molecular flexibility index (Phi) is 4.79. The molecule has 1 N–H and O–H groups in total. The lowest BCUT2D eigenvalue weighted by molar-refractivity contribution is 0.414. The van der Waals surface area contributed by atoms with E-state index >= 15 is 0 Å². The molecule has 0 unspecified atom stereocenters. The first kappa shape index (κ1) is 14.6. The van der Waals surface area contributed by atoms with Gasteiger partial charge in [0, 0.05) is 18.2 Å². The summed E-state index contributed by atoms with van der Waals surface area (Å²) in [6.45, 7) is 4.10. The summed E-state index contributed by atoms with van der Waals surface area (Å²) >= 11 is 6.03. The number of aryl methyl sites for hydroxylation is 2. The Morgan fingerprint density at radius 2 is 2.05 bits per heavy atom. The number of anilines is 2. The van der Waals surface area contributed by atoms with Crippen molar-refractivity contribution in [3.05, 3.63) is 40.8 Å². The number of nitrogens with zero attached hydrogens (tertiary/aromatic N) is 2. The van der Waals surface area contributed by atoms with Gasteiger partial charge in [-0.1, -0.05) is 18.5 Å². The summed E-state index contributed by atoms with van der Waals surface area (Å²) in [4.78, 5) is 8.67. The van der Waals surface area contributed by atoms with Gasteiger partial charge in [-0.3, -0.25) is 0 Å². The highest BCUT2D eigenvalue weighted by Gasteiger charge is 2.05. The van der Waals surface area contributed by atoms with E-state index in [1.165, 1.54) is 0 Å². The largest absolute Gasteiger partial charge is 0.497 e. The van der Waals surface area contributed by atoms with Crippen molar-refractivity contribution >= 4 is 23.1 Å². The SMILES string of the molecule is CCCc1nc(Cl)cc(Nc2ccc(OC)cc2C)n1. The highest BCUT2D eigenvalue weighted by Crippen LogP contribution is 2.24. The molecule has 0 fully saturated rings. The molecule has 2 rings (SSSR count). The number of methoxy groups -OCH3 is 1. The van der Waals surface area contributed by atoms with Crippen molar-refractivity contribution in [1.82, 2.24) is 9.97 Å². The zero-order valence-electron chi connectivity index (χ0n) is 11.9. The van der Waals surface area contributed by atoms with Crippen LogP contribution in [0.1, 0.15) is 24.7 Å². The first-order valence-electron chi connectivity index (χ1n) is 6.57. The molecule has 0 amide bonds. The van der Waals surface area contributed by atoms with E-state index in [0.717, 1.165) is 35.7 Å². The Morgan fingerprint density at radius 1 is 1.25 bits per heavy atom. The minimum Gasteiger partial charge on any atom is -0.497 e. The van der Waals surface area contributed by atoms with Gasteiger partial charge in [-0.2, -0.15) is 0 Å². The molecule has 20 heavy (non-hydrogen) atoms. The van der Waals surface area contributed by atoms with E-state index in [9.17, 15) is 0 Å². The van der Waals surface area contributed by atoms with Crippen molar-refractivity contribution in [1.29, 1.82) is 0 Å². The van der Waals surface area contributed by atoms with E-state index in [1.54, 1.807) is 13.2 Å². The molecule has 0 saturated heterocycles. The molecular formula is C15H18ClN3O. The second-order valence-electron chi connectivity index (χ2n) is 4.55. The maximum atomic E-state index is 6.03. The second kappa shape index (κ2) is 6.57. The average Bonchev–Trinajstić information content (AvgIpc) is 2.41. The first-order chi connectivity index (χ1) is 9.62. The van der Waals surface area contributed by atoms with Crippen molar-refractivity contribution < 1.29 is 4.74 Å². The molecule has 0 radical (unpaired) electrons. The zero-order chi connectivity index (χ0) is 14.5. The smallest absolute Gasteiger partial charge is 0.135 e. The van der Waals surface area contributed by atoms with E-state index < -0.39 is 0 Å². The van der Waals surface area contributed by atoms with Gasteiger partial charge in [0.15, 0.2) is 0 Å². The lowest BCUT2D eigenvalue weighted by Gasteiger charge is -2.11. The molecule has 0 aliphatic heterocycles. The lowest BCUT2D eigenvalue weighted by atomic mass is 10.2. The predicted octanol–water partition coefficient (Wildman–Crippen LogP) is 4.14. The number of halogens is 1. The first-order valence-corrected chi connectivity index (χ1v) is 6.95. The van der Waals surface area contributed by atoms with E-state index in [2.05, 4.69) is 22.2 Å². The number of ether oxygens (including phenoxy) is 1. The number of hydrogen-bond donors (Lipinski definition) is 1. The van der Waals surface area contributed by atoms with Crippen molar-refractivity contribution in [3.63, 3.8) is 0 Å². The predicted molar refractivity (Wildman–Crippen MR) is 82.1 cm³/mol. The molecule has 1 aromatic heterocycles. The average molecular weight is 292 g/mol. The molecule has 0 spiro atoms. The van der Waals surface area contributed by atoms with Crippen LogP contribution in [0.3, 0.4) is 0 Å². The normalized spacial score (nSPS) is 10.4. The third kappa shape index (κ3) is 3.61. The van der Waals surface area contributed by atoms with Gasteiger partial charge in [0.1, 0.15) is 22.5 Å². The number of rotatable bonds is 5. The topological polar surface area (TPSA) is 47.0 Å². The summed E-state index contributed by atoms with van der Waals surface area (Å²) in [5.74, 6) is 2.30. The van der Waals surface area contributed by atoms with Crippen LogP contribution < -0.4 is 10.1 Å². The van der Waals surface area contributed by atoms with Crippen molar-refractivity contribution in [2.45, 2.75) is 26.7 Å².